The first kappa shape index (κ1) is 17.0. The standard InChI is InChI=1S/C17H13F5O/c1-2-23-13-8-7-12(16(21)17(13)22)11-6-5-10(4-3-9-18)14(19)15(11)20/h3-8H,2,9H2,1H3. The first-order chi connectivity index (χ1) is 11.0. The molecule has 122 valence electrons. The predicted molar refractivity (Wildman–Crippen MR) is 77.9 cm³/mol. The number of alkyl halides is 1. The number of benzene rings is 2. The van der Waals surface area contributed by atoms with Crippen molar-refractivity contribution in [2.24, 2.45) is 0 Å². The summed E-state index contributed by atoms with van der Waals surface area (Å²) in [6, 6.07) is 4.52. The highest BCUT2D eigenvalue weighted by Gasteiger charge is 2.20. The Morgan fingerprint density at radius 1 is 0.870 bits per heavy atom. The van der Waals surface area contributed by atoms with E-state index in [1.165, 1.54) is 0 Å². The quantitative estimate of drug-likeness (QED) is 0.678. The maximum Gasteiger partial charge on any atom is 0.201 e. The van der Waals surface area contributed by atoms with Crippen LogP contribution in [-0.2, 0) is 0 Å². The smallest absolute Gasteiger partial charge is 0.201 e. The van der Waals surface area contributed by atoms with E-state index >= 15 is 0 Å². The van der Waals surface area contributed by atoms with Crippen molar-refractivity contribution in [1.29, 1.82) is 0 Å². The molecular weight excluding hydrogens is 315 g/mol. The molecule has 0 bridgehead atoms. The molecule has 0 aromatic heterocycles. The number of ether oxygens (including phenoxy) is 1. The minimum Gasteiger partial charge on any atom is -0.491 e. The van der Waals surface area contributed by atoms with E-state index in [1.54, 1.807) is 6.92 Å². The second kappa shape index (κ2) is 7.26. The van der Waals surface area contributed by atoms with Gasteiger partial charge in [0.2, 0.25) is 5.82 Å². The molecule has 0 heterocycles. The molecule has 0 aliphatic heterocycles. The van der Waals surface area contributed by atoms with Gasteiger partial charge >= 0.3 is 0 Å². The molecule has 0 saturated carbocycles. The summed E-state index contributed by atoms with van der Waals surface area (Å²) >= 11 is 0. The summed E-state index contributed by atoms with van der Waals surface area (Å²) in [6.45, 7) is 0.903. The Morgan fingerprint density at radius 2 is 1.48 bits per heavy atom. The van der Waals surface area contributed by atoms with E-state index in [9.17, 15) is 22.0 Å². The maximum absolute atomic E-state index is 14.1. The molecule has 0 aliphatic carbocycles. The van der Waals surface area contributed by atoms with Gasteiger partial charge in [0.15, 0.2) is 23.2 Å². The van der Waals surface area contributed by atoms with Crippen molar-refractivity contribution >= 4 is 6.08 Å². The van der Waals surface area contributed by atoms with Crippen LogP contribution in [-0.4, -0.2) is 13.3 Å². The van der Waals surface area contributed by atoms with Crippen molar-refractivity contribution in [2.75, 3.05) is 13.3 Å². The molecule has 2 aromatic rings. The Bertz CT molecular complexity index is 740. The second-order valence-corrected chi connectivity index (χ2v) is 4.56. The summed E-state index contributed by atoms with van der Waals surface area (Å²) in [7, 11) is 0. The number of hydrogen-bond donors (Lipinski definition) is 0. The maximum atomic E-state index is 14.1. The third kappa shape index (κ3) is 3.36. The lowest BCUT2D eigenvalue weighted by Crippen LogP contribution is -2.00. The van der Waals surface area contributed by atoms with Crippen LogP contribution in [0.15, 0.2) is 30.3 Å². The van der Waals surface area contributed by atoms with Crippen LogP contribution >= 0.6 is 0 Å². The van der Waals surface area contributed by atoms with Crippen LogP contribution in [0.1, 0.15) is 12.5 Å². The van der Waals surface area contributed by atoms with Crippen LogP contribution in [0.4, 0.5) is 22.0 Å². The van der Waals surface area contributed by atoms with Crippen LogP contribution in [0.3, 0.4) is 0 Å². The number of hydrogen-bond acceptors (Lipinski definition) is 1. The zero-order chi connectivity index (χ0) is 17.0. The highest BCUT2D eigenvalue weighted by Crippen LogP contribution is 2.33. The van der Waals surface area contributed by atoms with Gasteiger partial charge in [0, 0.05) is 16.7 Å². The Kier molecular flexibility index (Phi) is 5.36. The summed E-state index contributed by atoms with van der Waals surface area (Å²) in [5.41, 5.74) is -1.04. The van der Waals surface area contributed by atoms with Gasteiger partial charge in [-0.2, -0.15) is 4.39 Å². The SMILES string of the molecule is CCOc1ccc(-c2ccc(C=CCF)c(F)c2F)c(F)c1F. The van der Waals surface area contributed by atoms with Crippen LogP contribution in [0.25, 0.3) is 17.2 Å². The van der Waals surface area contributed by atoms with Crippen LogP contribution in [0.5, 0.6) is 5.75 Å². The van der Waals surface area contributed by atoms with Crippen molar-refractivity contribution in [3.63, 3.8) is 0 Å². The van der Waals surface area contributed by atoms with Gasteiger partial charge in [-0.15, -0.1) is 0 Å². The van der Waals surface area contributed by atoms with Crippen molar-refractivity contribution in [3.05, 3.63) is 59.2 Å². The lowest BCUT2D eigenvalue weighted by molar-refractivity contribution is 0.314. The second-order valence-electron chi connectivity index (χ2n) is 4.56. The van der Waals surface area contributed by atoms with Crippen molar-refractivity contribution in [1.82, 2.24) is 0 Å². The van der Waals surface area contributed by atoms with E-state index < -0.39 is 41.1 Å². The number of allylic oxidation sites excluding steroid dienone is 1. The van der Waals surface area contributed by atoms with Crippen molar-refractivity contribution in [3.8, 4) is 16.9 Å². The Morgan fingerprint density at radius 3 is 2.09 bits per heavy atom. The minimum atomic E-state index is -1.34. The molecule has 0 N–H and O–H groups in total. The van der Waals surface area contributed by atoms with E-state index in [1.807, 2.05) is 0 Å². The fraction of sp³-hybridized carbons (Fsp3) is 0.176. The molecule has 1 nitrogen and oxygen atoms in total. The van der Waals surface area contributed by atoms with E-state index in [-0.39, 0.29) is 17.9 Å². The molecule has 0 radical (unpaired) electrons. The Balaban J connectivity index is 2.53. The Hall–Kier alpha value is -2.37. The minimum absolute atomic E-state index is 0.133. The highest BCUT2D eigenvalue weighted by atomic mass is 19.2. The molecule has 6 heteroatoms. The number of rotatable bonds is 5. The molecule has 2 rings (SSSR count). The normalized spacial score (nSPS) is 11.2. The lowest BCUT2D eigenvalue weighted by Gasteiger charge is -2.11. The third-order valence-corrected chi connectivity index (χ3v) is 3.14. The van der Waals surface area contributed by atoms with E-state index in [4.69, 9.17) is 4.74 Å². The van der Waals surface area contributed by atoms with E-state index in [0.29, 0.717) is 0 Å². The van der Waals surface area contributed by atoms with E-state index in [2.05, 4.69) is 0 Å². The average Bonchev–Trinajstić information content (AvgIpc) is 2.54. The van der Waals surface area contributed by atoms with Gasteiger partial charge in [0.25, 0.3) is 0 Å². The van der Waals surface area contributed by atoms with Crippen molar-refractivity contribution < 1.29 is 26.7 Å². The molecule has 0 saturated heterocycles. The predicted octanol–water partition coefficient (Wildman–Crippen LogP) is 5.29. The van der Waals surface area contributed by atoms with Gasteiger partial charge < -0.3 is 4.74 Å². The molecule has 0 amide bonds. The van der Waals surface area contributed by atoms with Crippen LogP contribution in [0.2, 0.25) is 0 Å². The zero-order valence-electron chi connectivity index (χ0n) is 12.2. The lowest BCUT2D eigenvalue weighted by atomic mass is 10.0. The molecule has 0 atom stereocenters. The zero-order valence-corrected chi connectivity index (χ0v) is 12.2. The molecule has 0 unspecified atom stereocenters. The van der Waals surface area contributed by atoms with Gasteiger partial charge in [-0.1, -0.05) is 24.3 Å². The molecular formula is C17H13F5O. The monoisotopic (exact) mass is 328 g/mol. The topological polar surface area (TPSA) is 9.23 Å². The van der Waals surface area contributed by atoms with Gasteiger partial charge in [0.1, 0.15) is 6.67 Å². The summed E-state index contributed by atoms with van der Waals surface area (Å²) in [4.78, 5) is 0. The molecule has 2 aromatic carbocycles. The first-order valence-corrected chi connectivity index (χ1v) is 6.82. The van der Waals surface area contributed by atoms with Crippen molar-refractivity contribution in [2.45, 2.75) is 6.92 Å². The van der Waals surface area contributed by atoms with Gasteiger partial charge in [-0.25, -0.2) is 17.6 Å². The first-order valence-electron chi connectivity index (χ1n) is 6.82. The van der Waals surface area contributed by atoms with E-state index in [0.717, 1.165) is 36.4 Å². The highest BCUT2D eigenvalue weighted by molar-refractivity contribution is 5.68. The van der Waals surface area contributed by atoms with Crippen LogP contribution < -0.4 is 4.74 Å². The molecule has 0 aliphatic rings. The average molecular weight is 328 g/mol. The number of halogens is 5. The summed E-state index contributed by atoms with van der Waals surface area (Å²) < 4.78 is 72.9. The summed E-state index contributed by atoms with van der Waals surface area (Å²) in [5.74, 6) is -5.52. The molecule has 0 spiro atoms. The fourth-order valence-corrected chi connectivity index (χ4v) is 2.08. The van der Waals surface area contributed by atoms with Gasteiger partial charge in [-0.3, -0.25) is 0 Å². The largest absolute Gasteiger partial charge is 0.491 e. The summed E-state index contributed by atoms with van der Waals surface area (Å²) in [6.07, 6.45) is 2.08. The molecule has 0 fully saturated rings. The van der Waals surface area contributed by atoms with Gasteiger partial charge in [-0.05, 0) is 19.1 Å². The Labute approximate surface area is 130 Å². The molecule has 23 heavy (non-hydrogen) atoms. The van der Waals surface area contributed by atoms with Gasteiger partial charge in [0.05, 0.1) is 6.61 Å². The third-order valence-electron chi connectivity index (χ3n) is 3.14. The fourth-order valence-electron chi connectivity index (χ4n) is 2.08. The van der Waals surface area contributed by atoms with Crippen LogP contribution in [0, 0.1) is 23.3 Å². The summed E-state index contributed by atoms with van der Waals surface area (Å²) in [5, 5.41) is 0.